The van der Waals surface area contributed by atoms with Crippen LogP contribution < -0.4 is 11.2 Å². The van der Waals surface area contributed by atoms with Gasteiger partial charge < -0.3 is 4.57 Å². The van der Waals surface area contributed by atoms with Gasteiger partial charge >= 0.3 is 5.69 Å². The molecule has 4 aromatic rings. The second kappa shape index (κ2) is 5.11. The minimum absolute atomic E-state index is 0.409. The average molecular weight is 340 g/mol. The smallest absolute Gasteiger partial charge is 0.333 e. The Morgan fingerprint density at radius 1 is 1.04 bits per heavy atom. The Bertz CT molecular complexity index is 1230. The highest BCUT2D eigenvalue weighted by Gasteiger charge is 2.18. The van der Waals surface area contributed by atoms with E-state index in [-0.39, 0.29) is 0 Å². The largest absolute Gasteiger partial charge is 0.338 e. The van der Waals surface area contributed by atoms with Crippen molar-refractivity contribution in [3.8, 4) is 5.69 Å². The predicted molar refractivity (Wildman–Crippen MR) is 96.4 cm³/mol. The number of halogens is 1. The third-order valence-electron chi connectivity index (χ3n) is 4.26. The van der Waals surface area contributed by atoms with Gasteiger partial charge in [-0.2, -0.15) is 0 Å². The van der Waals surface area contributed by atoms with Crippen LogP contribution in [-0.2, 0) is 7.05 Å². The Balaban J connectivity index is 2.32. The van der Waals surface area contributed by atoms with Crippen molar-refractivity contribution in [2.45, 2.75) is 6.92 Å². The Labute approximate surface area is 141 Å². The minimum Gasteiger partial charge on any atom is -0.338 e. The molecule has 0 amide bonds. The zero-order valence-corrected chi connectivity index (χ0v) is 13.9. The SMILES string of the molecule is Cc1cccc(-n2c(=O)[nH]c(=O)c3c2c2cc(Cl)ccc2n3C)c1. The van der Waals surface area contributed by atoms with E-state index in [1.54, 1.807) is 23.7 Å². The first kappa shape index (κ1) is 14.8. The lowest BCUT2D eigenvalue weighted by molar-refractivity contribution is 0.920. The lowest BCUT2D eigenvalue weighted by atomic mass is 10.2. The van der Waals surface area contributed by atoms with Crippen molar-refractivity contribution >= 4 is 33.5 Å². The standard InChI is InChI=1S/C18H14ClN3O2/c1-10-4-3-5-12(8-10)22-15-13-9-11(19)6-7-14(13)21(2)16(15)17(23)20-18(22)24/h3-9H,1-2H3,(H,20,23,24). The molecule has 2 aromatic heterocycles. The van der Waals surface area contributed by atoms with E-state index in [0.29, 0.717) is 21.7 Å². The zero-order chi connectivity index (χ0) is 17.0. The van der Waals surface area contributed by atoms with Gasteiger partial charge in [0.25, 0.3) is 5.56 Å². The van der Waals surface area contributed by atoms with E-state index in [1.807, 2.05) is 37.3 Å². The van der Waals surface area contributed by atoms with Crippen LogP contribution in [0.1, 0.15) is 5.56 Å². The molecule has 0 unspecified atom stereocenters. The van der Waals surface area contributed by atoms with Crippen molar-refractivity contribution in [3.63, 3.8) is 0 Å². The van der Waals surface area contributed by atoms with Crippen LogP contribution in [0.25, 0.3) is 27.6 Å². The van der Waals surface area contributed by atoms with E-state index in [9.17, 15) is 9.59 Å². The van der Waals surface area contributed by atoms with Crippen LogP contribution in [-0.4, -0.2) is 14.1 Å². The van der Waals surface area contributed by atoms with E-state index in [0.717, 1.165) is 16.5 Å². The van der Waals surface area contributed by atoms with Crippen LogP contribution in [0, 0.1) is 6.92 Å². The van der Waals surface area contributed by atoms with Crippen molar-refractivity contribution in [2.75, 3.05) is 0 Å². The van der Waals surface area contributed by atoms with Gasteiger partial charge in [-0.15, -0.1) is 0 Å². The summed E-state index contributed by atoms with van der Waals surface area (Å²) in [5.41, 5.74) is 2.69. The van der Waals surface area contributed by atoms with Crippen LogP contribution >= 0.6 is 11.6 Å². The van der Waals surface area contributed by atoms with Gasteiger partial charge in [0.05, 0.1) is 16.7 Å². The number of nitrogens with zero attached hydrogens (tertiary/aromatic N) is 2. The number of hydrogen-bond donors (Lipinski definition) is 1. The Morgan fingerprint density at radius 2 is 1.83 bits per heavy atom. The highest BCUT2D eigenvalue weighted by molar-refractivity contribution is 6.31. The summed E-state index contributed by atoms with van der Waals surface area (Å²) in [7, 11) is 1.80. The van der Waals surface area contributed by atoms with Gasteiger partial charge in [0.1, 0.15) is 5.52 Å². The number of benzene rings is 2. The molecule has 0 bridgehead atoms. The van der Waals surface area contributed by atoms with Crippen LogP contribution in [0.5, 0.6) is 0 Å². The molecule has 0 aliphatic heterocycles. The van der Waals surface area contributed by atoms with Crippen molar-refractivity contribution < 1.29 is 0 Å². The van der Waals surface area contributed by atoms with Crippen LogP contribution in [0.2, 0.25) is 5.02 Å². The molecular weight excluding hydrogens is 326 g/mol. The fourth-order valence-electron chi connectivity index (χ4n) is 3.21. The third-order valence-corrected chi connectivity index (χ3v) is 4.49. The molecular formula is C18H14ClN3O2. The second-order valence-corrected chi connectivity index (χ2v) is 6.29. The zero-order valence-electron chi connectivity index (χ0n) is 13.1. The Hall–Kier alpha value is -2.79. The second-order valence-electron chi connectivity index (χ2n) is 5.85. The van der Waals surface area contributed by atoms with E-state index < -0.39 is 11.2 Å². The van der Waals surface area contributed by atoms with E-state index in [1.165, 1.54) is 4.57 Å². The average Bonchev–Trinajstić information content (AvgIpc) is 2.80. The number of aryl methyl sites for hydroxylation is 2. The third kappa shape index (κ3) is 2.02. The number of aromatic amines is 1. The van der Waals surface area contributed by atoms with E-state index in [4.69, 9.17) is 11.6 Å². The summed E-state index contributed by atoms with van der Waals surface area (Å²) < 4.78 is 3.31. The lowest BCUT2D eigenvalue weighted by Gasteiger charge is -2.08. The first-order valence-corrected chi connectivity index (χ1v) is 7.85. The molecule has 0 aliphatic carbocycles. The normalized spacial score (nSPS) is 11.5. The number of H-pyrrole nitrogens is 1. The van der Waals surface area contributed by atoms with Crippen LogP contribution in [0.4, 0.5) is 0 Å². The van der Waals surface area contributed by atoms with Crippen molar-refractivity contribution in [1.29, 1.82) is 0 Å². The molecule has 6 heteroatoms. The van der Waals surface area contributed by atoms with Gasteiger partial charge in [-0.25, -0.2) is 4.79 Å². The molecule has 0 radical (unpaired) electrons. The number of aromatic nitrogens is 3. The highest BCUT2D eigenvalue weighted by Crippen LogP contribution is 2.29. The van der Waals surface area contributed by atoms with Gasteiger partial charge in [0.15, 0.2) is 0 Å². The van der Waals surface area contributed by atoms with Crippen LogP contribution in [0.3, 0.4) is 0 Å². The molecule has 0 saturated carbocycles. The molecule has 4 rings (SSSR count). The summed E-state index contributed by atoms with van der Waals surface area (Å²) in [6, 6.07) is 13.0. The lowest BCUT2D eigenvalue weighted by Crippen LogP contribution is -2.29. The molecule has 24 heavy (non-hydrogen) atoms. The van der Waals surface area contributed by atoms with Crippen LogP contribution in [0.15, 0.2) is 52.1 Å². The molecule has 0 atom stereocenters. The molecule has 0 spiro atoms. The summed E-state index contributed by atoms with van der Waals surface area (Å²) in [6.45, 7) is 1.96. The number of fused-ring (bicyclic) bond motifs is 3. The molecule has 0 fully saturated rings. The maximum Gasteiger partial charge on any atom is 0.333 e. The summed E-state index contributed by atoms with van der Waals surface area (Å²) in [5.74, 6) is 0. The Morgan fingerprint density at radius 3 is 2.58 bits per heavy atom. The maximum atomic E-state index is 12.6. The van der Waals surface area contributed by atoms with Crippen molar-refractivity contribution in [2.24, 2.45) is 7.05 Å². The molecule has 0 saturated heterocycles. The number of hydrogen-bond acceptors (Lipinski definition) is 2. The molecule has 1 N–H and O–H groups in total. The first-order valence-electron chi connectivity index (χ1n) is 7.47. The van der Waals surface area contributed by atoms with Gasteiger partial charge in [0, 0.05) is 17.5 Å². The van der Waals surface area contributed by atoms with Crippen molar-refractivity contribution in [1.82, 2.24) is 14.1 Å². The first-order chi connectivity index (χ1) is 11.5. The van der Waals surface area contributed by atoms with Gasteiger partial charge in [0.2, 0.25) is 0 Å². The Kier molecular flexibility index (Phi) is 3.15. The fraction of sp³-hybridized carbons (Fsp3) is 0.111. The monoisotopic (exact) mass is 339 g/mol. The van der Waals surface area contributed by atoms with Gasteiger partial charge in [-0.3, -0.25) is 14.3 Å². The van der Waals surface area contributed by atoms with E-state index >= 15 is 0 Å². The number of rotatable bonds is 1. The predicted octanol–water partition coefficient (Wildman–Crippen LogP) is 3.13. The fourth-order valence-corrected chi connectivity index (χ4v) is 3.38. The van der Waals surface area contributed by atoms with Gasteiger partial charge in [-0.05, 0) is 42.8 Å². The topological polar surface area (TPSA) is 59.8 Å². The van der Waals surface area contributed by atoms with Gasteiger partial charge in [-0.1, -0.05) is 23.7 Å². The minimum atomic E-state index is -0.467. The summed E-state index contributed by atoms with van der Waals surface area (Å²) in [6.07, 6.45) is 0. The molecule has 5 nitrogen and oxygen atoms in total. The van der Waals surface area contributed by atoms with E-state index in [2.05, 4.69) is 4.98 Å². The maximum absolute atomic E-state index is 12.6. The molecule has 120 valence electrons. The molecule has 0 aliphatic rings. The summed E-state index contributed by atoms with van der Waals surface area (Å²) >= 11 is 6.15. The summed E-state index contributed by atoms with van der Waals surface area (Å²) in [4.78, 5) is 27.4. The summed E-state index contributed by atoms with van der Waals surface area (Å²) in [5, 5.41) is 1.32. The van der Waals surface area contributed by atoms with Crippen molar-refractivity contribution in [3.05, 3.63) is 73.9 Å². The molecule has 2 aromatic carbocycles. The molecule has 2 heterocycles. The number of nitrogens with one attached hydrogen (secondary N) is 1. The quantitative estimate of drug-likeness (QED) is 0.579. The highest BCUT2D eigenvalue weighted by atomic mass is 35.5.